The van der Waals surface area contributed by atoms with E-state index in [1.165, 1.54) is 4.88 Å². The van der Waals surface area contributed by atoms with Crippen LogP contribution >= 0.6 is 22.7 Å². The molecule has 1 aromatic carbocycles. The van der Waals surface area contributed by atoms with Crippen molar-refractivity contribution >= 4 is 22.7 Å². The smallest absolute Gasteiger partial charge is 0.0948 e. The van der Waals surface area contributed by atoms with Crippen LogP contribution in [0.2, 0.25) is 0 Å². The van der Waals surface area contributed by atoms with E-state index < -0.39 is 0 Å². The Balaban J connectivity index is 1.68. The molecule has 1 unspecified atom stereocenters. The van der Waals surface area contributed by atoms with Crippen LogP contribution in [-0.4, -0.2) is 11.0 Å². The monoisotopic (exact) mass is 315 g/mol. The van der Waals surface area contributed by atoms with Crippen molar-refractivity contribution in [1.29, 1.82) is 0 Å². The maximum absolute atomic E-state index is 5.69. The Kier molecular flexibility index (Phi) is 4.77. The van der Waals surface area contributed by atoms with E-state index in [-0.39, 0.29) is 6.04 Å². The van der Waals surface area contributed by atoms with E-state index >= 15 is 0 Å². The van der Waals surface area contributed by atoms with Gasteiger partial charge in [-0.15, -0.1) is 22.7 Å². The Morgan fingerprint density at radius 3 is 2.62 bits per heavy atom. The number of hydrogen-bond donors (Lipinski definition) is 2. The molecule has 0 fully saturated rings. The molecule has 2 heterocycles. The summed E-state index contributed by atoms with van der Waals surface area (Å²) in [5.74, 6) is 5.69. The third-order valence-corrected chi connectivity index (χ3v) is 5.08. The molecule has 108 valence electrons. The van der Waals surface area contributed by atoms with Crippen molar-refractivity contribution in [3.05, 3.63) is 63.1 Å². The number of thiazole rings is 1. The van der Waals surface area contributed by atoms with E-state index in [4.69, 9.17) is 10.8 Å². The standard InChI is InChI=1S/C16H17N3S2/c17-19-13(9-14-7-4-8-20-14)10-16-18-15(11-21-16)12-5-2-1-3-6-12/h1-8,11,13,19H,9-10,17H2. The first-order valence-corrected chi connectivity index (χ1v) is 8.59. The molecule has 3 nitrogen and oxygen atoms in total. The van der Waals surface area contributed by atoms with E-state index in [1.807, 2.05) is 18.2 Å². The minimum Gasteiger partial charge on any atom is -0.271 e. The molecule has 1 atom stereocenters. The summed E-state index contributed by atoms with van der Waals surface area (Å²) >= 11 is 3.46. The Labute approximate surface area is 132 Å². The van der Waals surface area contributed by atoms with Gasteiger partial charge in [-0.1, -0.05) is 36.4 Å². The molecule has 0 spiro atoms. The predicted octanol–water partition coefficient (Wildman–Crippen LogP) is 3.49. The lowest BCUT2D eigenvalue weighted by Crippen LogP contribution is -2.38. The van der Waals surface area contributed by atoms with Gasteiger partial charge in [-0.05, 0) is 17.9 Å². The van der Waals surface area contributed by atoms with Crippen molar-refractivity contribution in [2.45, 2.75) is 18.9 Å². The van der Waals surface area contributed by atoms with Crippen LogP contribution in [0.4, 0.5) is 0 Å². The lowest BCUT2D eigenvalue weighted by Gasteiger charge is -2.13. The molecule has 0 saturated carbocycles. The van der Waals surface area contributed by atoms with E-state index in [0.717, 1.165) is 29.1 Å². The molecule has 0 aliphatic carbocycles. The fourth-order valence-electron chi connectivity index (χ4n) is 2.22. The van der Waals surface area contributed by atoms with Crippen LogP contribution in [-0.2, 0) is 12.8 Å². The molecule has 3 N–H and O–H groups in total. The number of hydrazine groups is 1. The number of hydrogen-bond acceptors (Lipinski definition) is 5. The fourth-order valence-corrected chi connectivity index (χ4v) is 3.89. The number of nitrogens with two attached hydrogens (primary N) is 1. The normalized spacial score (nSPS) is 12.4. The second-order valence-electron chi connectivity index (χ2n) is 4.84. The highest BCUT2D eigenvalue weighted by Gasteiger charge is 2.12. The highest BCUT2D eigenvalue weighted by Crippen LogP contribution is 2.23. The van der Waals surface area contributed by atoms with Gasteiger partial charge in [-0.25, -0.2) is 4.98 Å². The van der Waals surface area contributed by atoms with Crippen molar-refractivity contribution in [2.24, 2.45) is 5.84 Å². The summed E-state index contributed by atoms with van der Waals surface area (Å²) in [5, 5.41) is 5.33. The lowest BCUT2D eigenvalue weighted by molar-refractivity contribution is 0.525. The predicted molar refractivity (Wildman–Crippen MR) is 90.4 cm³/mol. The molecule has 0 saturated heterocycles. The van der Waals surface area contributed by atoms with Crippen LogP contribution < -0.4 is 11.3 Å². The summed E-state index contributed by atoms with van der Waals surface area (Å²) in [6.07, 6.45) is 1.79. The van der Waals surface area contributed by atoms with Crippen LogP contribution in [0.3, 0.4) is 0 Å². The Bertz CT molecular complexity index is 662. The highest BCUT2D eigenvalue weighted by molar-refractivity contribution is 7.10. The van der Waals surface area contributed by atoms with Crippen LogP contribution in [0.1, 0.15) is 9.88 Å². The average molecular weight is 315 g/mol. The third-order valence-electron chi connectivity index (χ3n) is 3.31. The summed E-state index contributed by atoms with van der Waals surface area (Å²) in [5.41, 5.74) is 5.12. The first kappa shape index (κ1) is 14.4. The van der Waals surface area contributed by atoms with Gasteiger partial charge in [0.25, 0.3) is 0 Å². The van der Waals surface area contributed by atoms with E-state index in [2.05, 4.69) is 40.5 Å². The van der Waals surface area contributed by atoms with Gasteiger partial charge in [0.15, 0.2) is 0 Å². The largest absolute Gasteiger partial charge is 0.271 e. The zero-order valence-electron chi connectivity index (χ0n) is 11.5. The summed E-state index contributed by atoms with van der Waals surface area (Å²) in [6.45, 7) is 0. The zero-order valence-corrected chi connectivity index (χ0v) is 13.2. The van der Waals surface area contributed by atoms with Crippen molar-refractivity contribution in [2.75, 3.05) is 0 Å². The molecule has 3 aromatic rings. The first-order valence-electron chi connectivity index (χ1n) is 6.83. The molecule has 0 aliphatic rings. The second kappa shape index (κ2) is 6.95. The molecule has 2 aromatic heterocycles. The van der Waals surface area contributed by atoms with Gasteiger partial charge < -0.3 is 0 Å². The van der Waals surface area contributed by atoms with Gasteiger partial charge in [0.1, 0.15) is 0 Å². The molecule has 3 rings (SSSR count). The summed E-state index contributed by atoms with van der Waals surface area (Å²) in [4.78, 5) is 6.07. The van der Waals surface area contributed by atoms with Gasteiger partial charge in [0, 0.05) is 28.3 Å². The zero-order chi connectivity index (χ0) is 14.5. The SMILES string of the molecule is NNC(Cc1cccs1)Cc1nc(-c2ccccc2)cs1. The van der Waals surface area contributed by atoms with Crippen LogP contribution in [0, 0.1) is 0 Å². The quantitative estimate of drug-likeness (QED) is 0.541. The summed E-state index contributed by atoms with van der Waals surface area (Å²) in [7, 11) is 0. The van der Waals surface area contributed by atoms with Gasteiger partial charge in [0.05, 0.1) is 10.7 Å². The third kappa shape index (κ3) is 3.77. The number of thiophene rings is 1. The lowest BCUT2D eigenvalue weighted by atomic mass is 10.1. The Morgan fingerprint density at radius 1 is 1.05 bits per heavy atom. The highest BCUT2D eigenvalue weighted by atomic mass is 32.1. The molecule has 5 heteroatoms. The summed E-state index contributed by atoms with van der Waals surface area (Å²) in [6, 6.07) is 14.7. The number of nitrogens with one attached hydrogen (secondary N) is 1. The maximum atomic E-state index is 5.69. The van der Waals surface area contributed by atoms with Gasteiger partial charge in [0.2, 0.25) is 0 Å². The number of benzene rings is 1. The van der Waals surface area contributed by atoms with E-state index in [0.29, 0.717) is 0 Å². The molecular formula is C16H17N3S2. The fraction of sp³-hybridized carbons (Fsp3) is 0.188. The molecule has 0 radical (unpaired) electrons. The minimum absolute atomic E-state index is 0.221. The summed E-state index contributed by atoms with van der Waals surface area (Å²) < 4.78 is 0. The number of aromatic nitrogens is 1. The first-order chi connectivity index (χ1) is 10.3. The molecular weight excluding hydrogens is 298 g/mol. The Hall–Kier alpha value is -1.53. The van der Waals surface area contributed by atoms with Gasteiger partial charge >= 0.3 is 0 Å². The minimum atomic E-state index is 0.221. The van der Waals surface area contributed by atoms with Crippen molar-refractivity contribution < 1.29 is 0 Å². The van der Waals surface area contributed by atoms with Crippen LogP contribution in [0.15, 0.2) is 53.2 Å². The number of nitrogens with zero attached hydrogens (tertiary/aromatic N) is 1. The molecule has 0 aliphatic heterocycles. The van der Waals surface area contributed by atoms with Gasteiger partial charge in [-0.3, -0.25) is 11.3 Å². The van der Waals surface area contributed by atoms with E-state index in [1.54, 1.807) is 22.7 Å². The van der Waals surface area contributed by atoms with Crippen molar-refractivity contribution in [3.63, 3.8) is 0 Å². The number of rotatable bonds is 6. The average Bonchev–Trinajstić information content (AvgIpc) is 3.19. The maximum Gasteiger partial charge on any atom is 0.0948 e. The Morgan fingerprint density at radius 2 is 1.90 bits per heavy atom. The molecule has 0 bridgehead atoms. The van der Waals surface area contributed by atoms with Crippen LogP contribution in [0.5, 0.6) is 0 Å². The van der Waals surface area contributed by atoms with Crippen molar-refractivity contribution in [1.82, 2.24) is 10.4 Å². The van der Waals surface area contributed by atoms with Crippen LogP contribution in [0.25, 0.3) is 11.3 Å². The second-order valence-corrected chi connectivity index (χ2v) is 6.82. The molecule has 21 heavy (non-hydrogen) atoms. The van der Waals surface area contributed by atoms with Gasteiger partial charge in [-0.2, -0.15) is 0 Å². The topological polar surface area (TPSA) is 50.9 Å². The van der Waals surface area contributed by atoms with Crippen molar-refractivity contribution in [3.8, 4) is 11.3 Å². The molecule has 0 amide bonds. The van der Waals surface area contributed by atoms with E-state index in [9.17, 15) is 0 Å².